The van der Waals surface area contributed by atoms with Crippen LogP contribution in [0.4, 0.5) is 11.6 Å². The summed E-state index contributed by atoms with van der Waals surface area (Å²) >= 11 is 1.37. The van der Waals surface area contributed by atoms with Crippen molar-refractivity contribution >= 4 is 39.1 Å². The molecule has 1 saturated heterocycles. The van der Waals surface area contributed by atoms with Gasteiger partial charge >= 0.3 is 0 Å². The summed E-state index contributed by atoms with van der Waals surface area (Å²) in [5.74, 6) is 1.14. The van der Waals surface area contributed by atoms with Gasteiger partial charge in [-0.3, -0.25) is 9.59 Å². The van der Waals surface area contributed by atoms with E-state index in [1.54, 1.807) is 17.0 Å². The third-order valence-electron chi connectivity index (χ3n) is 5.88. The van der Waals surface area contributed by atoms with Crippen molar-refractivity contribution in [3.8, 4) is 16.9 Å². The zero-order chi connectivity index (χ0) is 23.7. The van der Waals surface area contributed by atoms with E-state index in [0.717, 1.165) is 11.1 Å². The van der Waals surface area contributed by atoms with Gasteiger partial charge in [0.2, 0.25) is 5.43 Å². The van der Waals surface area contributed by atoms with Crippen LogP contribution in [-0.2, 0) is 9.53 Å². The topological polar surface area (TPSA) is 75.5 Å². The minimum atomic E-state index is -0.0835. The Kier molecular flexibility index (Phi) is 6.40. The molecule has 8 nitrogen and oxygen atoms in total. The summed E-state index contributed by atoms with van der Waals surface area (Å²) in [6, 6.07) is 7.32. The van der Waals surface area contributed by atoms with E-state index in [1.165, 1.54) is 11.3 Å². The molecule has 34 heavy (non-hydrogen) atoms. The summed E-state index contributed by atoms with van der Waals surface area (Å²) in [4.78, 5) is 31.5. The van der Waals surface area contributed by atoms with E-state index in [0.29, 0.717) is 73.6 Å². The number of hydrogen-bond donors (Lipinski definition) is 0. The van der Waals surface area contributed by atoms with Crippen LogP contribution in [-0.4, -0.2) is 70.9 Å². The molecular weight excluding hydrogens is 454 g/mol. The summed E-state index contributed by atoms with van der Waals surface area (Å²) in [5.41, 5.74) is 2.93. The molecule has 0 spiro atoms. The number of carbonyl (C=O) groups is 1. The Morgan fingerprint density at radius 1 is 1.15 bits per heavy atom. The van der Waals surface area contributed by atoms with Crippen molar-refractivity contribution in [3.05, 3.63) is 52.0 Å². The monoisotopic (exact) mass is 481 g/mol. The van der Waals surface area contributed by atoms with Crippen molar-refractivity contribution < 1.29 is 18.7 Å². The lowest BCUT2D eigenvalue weighted by atomic mass is 10.1. The molecule has 0 saturated carbocycles. The highest BCUT2D eigenvalue weighted by molar-refractivity contribution is 7.17. The minimum Gasteiger partial charge on any atom is -0.490 e. The highest BCUT2D eigenvalue weighted by atomic mass is 32.1. The van der Waals surface area contributed by atoms with Crippen LogP contribution in [0.25, 0.3) is 21.4 Å². The Labute approximate surface area is 201 Å². The number of morpholine rings is 1. The summed E-state index contributed by atoms with van der Waals surface area (Å²) in [6.07, 6.45) is 3.46. The number of carbonyl (C=O) groups excluding carboxylic acids is 1. The van der Waals surface area contributed by atoms with Crippen LogP contribution in [0.1, 0.15) is 0 Å². The molecule has 2 aliphatic heterocycles. The third-order valence-corrected chi connectivity index (χ3v) is 6.86. The molecule has 1 fully saturated rings. The summed E-state index contributed by atoms with van der Waals surface area (Å²) < 4.78 is 18.1. The summed E-state index contributed by atoms with van der Waals surface area (Å²) in [7, 11) is 3.91. The lowest BCUT2D eigenvalue weighted by Crippen LogP contribution is -2.37. The van der Waals surface area contributed by atoms with Crippen molar-refractivity contribution in [1.82, 2.24) is 4.90 Å². The van der Waals surface area contributed by atoms with Gasteiger partial charge in [-0.1, -0.05) is 12.1 Å². The molecule has 0 unspecified atom stereocenters. The standard InChI is InChI=1S/C25H27N3O5S/c1-26(2)7-3-4-22(30)28-10-13-32-21-6-5-17(14-19(21)28)18-16-34-25-20(29)15-23(33-24(18)25)27-8-11-31-12-9-27/h3-6,14-16H,7-13H2,1-2H3/b4-3+. The van der Waals surface area contributed by atoms with Crippen LogP contribution in [0.3, 0.4) is 0 Å². The quantitative estimate of drug-likeness (QED) is 0.518. The fraction of sp³-hybridized carbons (Fsp3) is 0.360. The first kappa shape index (κ1) is 22.6. The lowest BCUT2D eigenvalue weighted by Gasteiger charge is -2.29. The van der Waals surface area contributed by atoms with E-state index in [1.807, 2.05) is 53.6 Å². The Morgan fingerprint density at radius 3 is 2.76 bits per heavy atom. The molecule has 0 N–H and O–H groups in total. The van der Waals surface area contributed by atoms with Crippen molar-refractivity contribution in [2.75, 3.05) is 69.9 Å². The van der Waals surface area contributed by atoms with Crippen molar-refractivity contribution in [1.29, 1.82) is 0 Å². The zero-order valence-electron chi connectivity index (χ0n) is 19.3. The van der Waals surface area contributed by atoms with E-state index in [4.69, 9.17) is 13.9 Å². The molecule has 0 bridgehead atoms. The Morgan fingerprint density at radius 2 is 1.97 bits per heavy atom. The minimum absolute atomic E-state index is 0.0527. The average Bonchev–Trinajstić information content (AvgIpc) is 3.28. The maximum Gasteiger partial charge on any atom is 0.250 e. The van der Waals surface area contributed by atoms with Crippen LogP contribution in [0, 0.1) is 0 Å². The molecule has 2 aliphatic rings. The molecule has 1 amide bonds. The van der Waals surface area contributed by atoms with E-state index >= 15 is 0 Å². The largest absolute Gasteiger partial charge is 0.490 e. The smallest absolute Gasteiger partial charge is 0.250 e. The molecular formula is C25H27N3O5S. The summed E-state index contributed by atoms with van der Waals surface area (Å²) in [5, 5.41) is 1.94. The number of ether oxygens (including phenoxy) is 2. The van der Waals surface area contributed by atoms with Gasteiger partial charge < -0.3 is 28.6 Å². The first-order valence-electron chi connectivity index (χ1n) is 11.3. The van der Waals surface area contributed by atoms with Crippen molar-refractivity contribution in [2.45, 2.75) is 0 Å². The molecule has 0 atom stereocenters. The number of anilines is 2. The van der Waals surface area contributed by atoms with Gasteiger partial charge in [0, 0.05) is 42.7 Å². The molecule has 0 aliphatic carbocycles. The molecule has 9 heteroatoms. The fourth-order valence-corrected chi connectivity index (χ4v) is 5.05. The van der Waals surface area contributed by atoms with Gasteiger partial charge in [-0.25, -0.2) is 0 Å². The van der Waals surface area contributed by atoms with Gasteiger partial charge in [-0.2, -0.15) is 0 Å². The Balaban J connectivity index is 1.52. The highest BCUT2D eigenvalue weighted by Gasteiger charge is 2.24. The van der Waals surface area contributed by atoms with Gasteiger partial charge in [-0.05, 0) is 31.8 Å². The van der Waals surface area contributed by atoms with Gasteiger partial charge in [0.25, 0.3) is 5.91 Å². The highest BCUT2D eigenvalue weighted by Crippen LogP contribution is 2.40. The normalized spacial score (nSPS) is 16.3. The number of rotatable bonds is 5. The number of thiophene rings is 1. The number of nitrogens with zero attached hydrogens (tertiary/aromatic N) is 3. The predicted octanol–water partition coefficient (Wildman–Crippen LogP) is 3.20. The van der Waals surface area contributed by atoms with Crippen LogP contribution in [0.15, 0.2) is 51.0 Å². The number of benzene rings is 1. The van der Waals surface area contributed by atoms with E-state index in [2.05, 4.69) is 0 Å². The Hall–Kier alpha value is -3.14. The molecule has 1 aromatic carbocycles. The van der Waals surface area contributed by atoms with Gasteiger partial charge in [0.05, 0.1) is 25.4 Å². The van der Waals surface area contributed by atoms with Crippen LogP contribution < -0.4 is 20.0 Å². The molecule has 4 heterocycles. The SMILES string of the molecule is CN(C)C/C=C/C(=O)N1CCOc2ccc(-c3csc4c(=O)cc(N5CCOCC5)oc34)cc21. The maximum absolute atomic E-state index is 12.9. The second kappa shape index (κ2) is 9.61. The molecule has 5 rings (SSSR count). The van der Waals surface area contributed by atoms with Gasteiger partial charge in [0.15, 0.2) is 11.5 Å². The van der Waals surface area contributed by atoms with Gasteiger partial charge in [-0.15, -0.1) is 11.3 Å². The second-order valence-electron chi connectivity index (χ2n) is 8.54. The molecule has 0 radical (unpaired) electrons. The fourth-order valence-electron chi connectivity index (χ4n) is 4.14. The molecule has 3 aromatic rings. The second-order valence-corrected chi connectivity index (χ2v) is 9.42. The number of fused-ring (bicyclic) bond motifs is 2. The predicted molar refractivity (Wildman–Crippen MR) is 134 cm³/mol. The zero-order valence-corrected chi connectivity index (χ0v) is 20.1. The molecule has 2 aromatic heterocycles. The van der Waals surface area contributed by atoms with Crippen LogP contribution in [0.2, 0.25) is 0 Å². The van der Waals surface area contributed by atoms with E-state index in [9.17, 15) is 9.59 Å². The number of amides is 1. The van der Waals surface area contributed by atoms with E-state index < -0.39 is 0 Å². The number of likely N-dealkylation sites (N-methyl/N-ethyl adjacent to an activating group) is 1. The first-order chi connectivity index (χ1) is 16.5. The first-order valence-corrected chi connectivity index (χ1v) is 12.2. The van der Waals surface area contributed by atoms with E-state index in [-0.39, 0.29) is 11.3 Å². The third kappa shape index (κ3) is 4.46. The maximum atomic E-state index is 12.9. The molecule has 178 valence electrons. The van der Waals surface area contributed by atoms with Crippen LogP contribution in [0.5, 0.6) is 5.75 Å². The summed E-state index contributed by atoms with van der Waals surface area (Å²) in [6.45, 7) is 4.19. The van der Waals surface area contributed by atoms with Crippen LogP contribution >= 0.6 is 11.3 Å². The number of hydrogen-bond acceptors (Lipinski definition) is 8. The Bertz CT molecular complexity index is 1290. The lowest BCUT2D eigenvalue weighted by molar-refractivity contribution is -0.114. The van der Waals surface area contributed by atoms with Gasteiger partial charge in [0.1, 0.15) is 17.1 Å². The average molecular weight is 482 g/mol. The van der Waals surface area contributed by atoms with Crippen molar-refractivity contribution in [2.24, 2.45) is 0 Å². The van der Waals surface area contributed by atoms with Crippen molar-refractivity contribution in [3.63, 3.8) is 0 Å².